The Hall–Kier alpha value is -4.34. The molecule has 5 heteroatoms. The van der Waals surface area contributed by atoms with Crippen LogP contribution in [-0.2, 0) is 10.8 Å². The molecule has 2 nitrogen and oxygen atoms in total. The molecule has 230 valence electrons. The van der Waals surface area contributed by atoms with Crippen LogP contribution in [-0.4, -0.2) is 18.0 Å². The number of hydrogen-bond donors (Lipinski definition) is 0. The highest BCUT2D eigenvalue weighted by Gasteiger charge is 2.50. The molecule has 0 unspecified atom stereocenters. The Bertz CT molecular complexity index is 2670. The summed E-state index contributed by atoms with van der Waals surface area (Å²) in [6.07, 6.45) is 0. The molecule has 0 amide bonds. The molecule has 0 saturated heterocycles. The quantitative estimate of drug-likeness (QED) is 0.166. The maximum Gasteiger partial charge on any atom is 0.256 e. The van der Waals surface area contributed by atoms with Crippen LogP contribution in [0, 0.1) is 6.92 Å². The van der Waals surface area contributed by atoms with E-state index in [1.807, 2.05) is 11.8 Å². The number of nitrogens with zero attached hydrogens (tertiary/aromatic N) is 1. The Morgan fingerprint density at radius 1 is 0.604 bits per heavy atom. The van der Waals surface area contributed by atoms with E-state index in [-0.39, 0.29) is 24.3 Å². The van der Waals surface area contributed by atoms with Crippen LogP contribution >= 0.6 is 11.8 Å². The van der Waals surface area contributed by atoms with E-state index in [1.165, 1.54) is 97.5 Å². The second kappa shape index (κ2) is 8.62. The van der Waals surface area contributed by atoms with Gasteiger partial charge in [-0.25, -0.2) is 0 Å². The van der Waals surface area contributed by atoms with Gasteiger partial charge in [0.25, 0.3) is 6.71 Å². The van der Waals surface area contributed by atoms with Gasteiger partial charge in [-0.15, -0.1) is 0 Å². The standard InChI is InChI=1S/C43H35B2NOS/c1-22-39-34-38-35-41(22)48-33-15-11-10-14-29(33)44(35)31-20-24(42(2,3)4)18-27-28-19-25(43(5,6)7)21-32(37(28)46(38)36(27)31)45(34)30-17-16-23-12-8-9-13-26(23)40(30)47-39/h8-21H,1-7H3. The topological polar surface area (TPSA) is 14.2 Å². The van der Waals surface area contributed by atoms with Crippen molar-refractivity contribution in [1.82, 2.24) is 4.57 Å². The molecule has 0 radical (unpaired) electrons. The largest absolute Gasteiger partial charge is 0.457 e. The monoisotopic (exact) mass is 635 g/mol. The molecule has 11 rings (SSSR count). The minimum absolute atomic E-state index is 0.00375. The Labute approximate surface area is 286 Å². The van der Waals surface area contributed by atoms with Crippen molar-refractivity contribution in [2.45, 2.75) is 69.1 Å². The zero-order chi connectivity index (χ0) is 32.6. The zero-order valence-corrected chi connectivity index (χ0v) is 29.3. The van der Waals surface area contributed by atoms with Crippen LogP contribution in [0.1, 0.15) is 58.2 Å². The third-order valence-electron chi connectivity index (χ3n) is 11.7. The SMILES string of the molecule is Cc1c2c3c4c5c1Sc1ccccc1B5c1cc(C(C)(C)C)cc5c6cc(C(C)(C)C)cc(c6n-4c15)B3c1ccc3ccccc3c1O2. The van der Waals surface area contributed by atoms with Crippen molar-refractivity contribution in [3.05, 3.63) is 102 Å². The maximum atomic E-state index is 7.27. The average Bonchev–Trinajstić information content (AvgIpc) is 3.40. The first-order chi connectivity index (χ1) is 23.0. The maximum absolute atomic E-state index is 7.27. The molecule has 48 heavy (non-hydrogen) atoms. The summed E-state index contributed by atoms with van der Waals surface area (Å²) < 4.78 is 9.95. The summed E-state index contributed by atoms with van der Waals surface area (Å²) in [6, 6.07) is 32.7. The molecule has 1 aromatic heterocycles. The number of hydrogen-bond acceptors (Lipinski definition) is 2. The molecule has 4 aliphatic rings. The van der Waals surface area contributed by atoms with E-state index in [9.17, 15) is 0 Å². The van der Waals surface area contributed by atoms with E-state index in [2.05, 4.69) is 138 Å². The lowest BCUT2D eigenvalue weighted by molar-refractivity contribution is 0.487. The Kier molecular flexibility index (Phi) is 4.96. The predicted molar refractivity (Wildman–Crippen MR) is 207 cm³/mol. The normalized spacial score (nSPS) is 15.0. The van der Waals surface area contributed by atoms with Crippen molar-refractivity contribution in [2.24, 2.45) is 0 Å². The molecule has 0 spiro atoms. The molecule has 7 aromatic rings. The first kappa shape index (κ1) is 27.6. The number of aromatic nitrogens is 1. The molecule has 4 aliphatic heterocycles. The van der Waals surface area contributed by atoms with Gasteiger partial charge in [0.05, 0.1) is 0 Å². The van der Waals surface area contributed by atoms with Gasteiger partial charge in [0, 0.05) is 48.2 Å². The van der Waals surface area contributed by atoms with Crippen LogP contribution in [0.15, 0.2) is 94.7 Å². The van der Waals surface area contributed by atoms with E-state index < -0.39 is 0 Å². The molecule has 0 fully saturated rings. The fraction of sp³-hybridized carbons (Fsp3) is 0.209. The Morgan fingerprint density at radius 2 is 1.23 bits per heavy atom. The Morgan fingerprint density at radius 3 is 1.92 bits per heavy atom. The average molecular weight is 635 g/mol. The number of benzene rings is 6. The molecular weight excluding hydrogens is 600 g/mol. The lowest BCUT2D eigenvalue weighted by atomic mass is 9.30. The molecule has 0 N–H and O–H groups in total. The highest BCUT2D eigenvalue weighted by Crippen LogP contribution is 2.47. The van der Waals surface area contributed by atoms with Crippen LogP contribution in [0.25, 0.3) is 38.3 Å². The number of ether oxygens (including phenoxy) is 1. The summed E-state index contributed by atoms with van der Waals surface area (Å²) in [6.45, 7) is 16.7. The van der Waals surface area contributed by atoms with Crippen LogP contribution in [0.2, 0.25) is 0 Å². The summed E-state index contributed by atoms with van der Waals surface area (Å²) in [5, 5.41) is 5.18. The minimum Gasteiger partial charge on any atom is -0.457 e. The van der Waals surface area contributed by atoms with Gasteiger partial charge in [0.1, 0.15) is 11.5 Å². The minimum atomic E-state index is -0.00375. The van der Waals surface area contributed by atoms with Gasteiger partial charge in [-0.2, -0.15) is 0 Å². The van der Waals surface area contributed by atoms with E-state index in [1.54, 1.807) is 0 Å². The Balaban J connectivity index is 1.42. The van der Waals surface area contributed by atoms with Gasteiger partial charge in [0.2, 0.25) is 6.71 Å². The molecule has 5 heterocycles. The fourth-order valence-electron chi connectivity index (χ4n) is 9.35. The summed E-state index contributed by atoms with van der Waals surface area (Å²) in [7, 11) is 0. The second-order valence-corrected chi connectivity index (χ2v) is 17.6. The molecule has 0 bridgehead atoms. The zero-order valence-electron chi connectivity index (χ0n) is 28.5. The number of rotatable bonds is 0. The van der Waals surface area contributed by atoms with Crippen LogP contribution in [0.4, 0.5) is 0 Å². The van der Waals surface area contributed by atoms with Gasteiger partial charge >= 0.3 is 0 Å². The second-order valence-electron chi connectivity index (χ2n) is 16.5. The highest BCUT2D eigenvalue weighted by atomic mass is 32.2. The molecule has 0 saturated carbocycles. The molecule has 0 atom stereocenters. The lowest BCUT2D eigenvalue weighted by Crippen LogP contribution is -2.66. The summed E-state index contributed by atoms with van der Waals surface area (Å²) in [4.78, 5) is 2.72. The van der Waals surface area contributed by atoms with Gasteiger partial charge in [-0.05, 0) is 79.8 Å². The third-order valence-corrected chi connectivity index (χ3v) is 13.0. The number of fused-ring (bicyclic) bond motifs is 9. The third kappa shape index (κ3) is 3.20. The van der Waals surface area contributed by atoms with E-state index in [0.29, 0.717) is 0 Å². The van der Waals surface area contributed by atoms with E-state index in [4.69, 9.17) is 4.74 Å². The first-order valence-corrected chi connectivity index (χ1v) is 18.2. The van der Waals surface area contributed by atoms with Crippen LogP contribution < -0.4 is 37.5 Å². The molecule has 6 aromatic carbocycles. The van der Waals surface area contributed by atoms with E-state index in [0.717, 1.165) is 11.5 Å². The smallest absolute Gasteiger partial charge is 0.256 e. The van der Waals surface area contributed by atoms with Gasteiger partial charge in [0.15, 0.2) is 0 Å². The van der Waals surface area contributed by atoms with Crippen molar-refractivity contribution >= 4 is 90.5 Å². The molecular formula is C43H35B2NOS. The highest BCUT2D eigenvalue weighted by molar-refractivity contribution is 8.00. The van der Waals surface area contributed by atoms with Gasteiger partial charge in [-0.3, -0.25) is 0 Å². The fourth-order valence-corrected chi connectivity index (χ4v) is 10.6. The predicted octanol–water partition coefficient (Wildman–Crippen LogP) is 7.07. The summed E-state index contributed by atoms with van der Waals surface area (Å²) >= 11 is 1.94. The van der Waals surface area contributed by atoms with E-state index >= 15 is 0 Å². The van der Waals surface area contributed by atoms with Crippen molar-refractivity contribution in [3.8, 4) is 17.2 Å². The molecule has 0 aliphatic carbocycles. The van der Waals surface area contributed by atoms with Gasteiger partial charge in [-0.1, -0.05) is 125 Å². The van der Waals surface area contributed by atoms with Crippen LogP contribution in [0.5, 0.6) is 11.5 Å². The lowest BCUT2D eigenvalue weighted by Gasteiger charge is -2.42. The van der Waals surface area contributed by atoms with Crippen molar-refractivity contribution < 1.29 is 4.74 Å². The van der Waals surface area contributed by atoms with Crippen molar-refractivity contribution in [2.75, 3.05) is 0 Å². The summed E-state index contributed by atoms with van der Waals surface area (Å²) in [5.41, 5.74) is 16.6. The van der Waals surface area contributed by atoms with Crippen molar-refractivity contribution in [3.63, 3.8) is 0 Å². The van der Waals surface area contributed by atoms with Crippen LogP contribution in [0.3, 0.4) is 0 Å². The summed E-state index contributed by atoms with van der Waals surface area (Å²) in [5.74, 6) is 2.07. The first-order valence-electron chi connectivity index (χ1n) is 17.3. The van der Waals surface area contributed by atoms with Gasteiger partial charge < -0.3 is 9.30 Å². The van der Waals surface area contributed by atoms with Crippen molar-refractivity contribution in [1.29, 1.82) is 0 Å².